The fourth-order valence-electron chi connectivity index (χ4n) is 0.605. The first-order chi connectivity index (χ1) is 5.11. The lowest BCUT2D eigenvalue weighted by molar-refractivity contribution is -0.138. The Bertz CT molecular complexity index is 316. The summed E-state index contributed by atoms with van der Waals surface area (Å²) in [5.41, 5.74) is 0. The third-order valence-corrected chi connectivity index (χ3v) is 1.49. The fraction of sp³-hybridized carbons (Fsp3) is 0.400. The third-order valence-electron chi connectivity index (χ3n) is 1.30. The molecule has 1 atom stereocenters. The quantitative estimate of drug-likeness (QED) is 0.573. The lowest BCUT2D eigenvalue weighted by atomic mass is 10.2. The molecular formula is C5H7N3O2S. The molecule has 0 aliphatic carbocycles. The van der Waals surface area contributed by atoms with Crippen LogP contribution in [0.25, 0.3) is 0 Å². The van der Waals surface area contributed by atoms with Crippen molar-refractivity contribution in [2.75, 3.05) is 0 Å². The highest BCUT2D eigenvalue weighted by Gasteiger charge is 2.15. The first-order valence-corrected chi connectivity index (χ1v) is 3.39. The van der Waals surface area contributed by atoms with Gasteiger partial charge in [-0.05, 0) is 19.1 Å². The van der Waals surface area contributed by atoms with Crippen LogP contribution >= 0.6 is 12.2 Å². The van der Waals surface area contributed by atoms with Gasteiger partial charge in [0.1, 0.15) is 11.7 Å². The Balaban J connectivity index is 2.93. The van der Waals surface area contributed by atoms with Crippen LogP contribution in [0.1, 0.15) is 18.7 Å². The Kier molecular flexibility index (Phi) is 2.04. The molecule has 3 N–H and O–H groups in total. The van der Waals surface area contributed by atoms with Gasteiger partial charge in [-0.2, -0.15) is 0 Å². The summed E-state index contributed by atoms with van der Waals surface area (Å²) in [5, 5.41) is 13.6. The minimum Gasteiger partial charge on any atom is -0.481 e. The number of aromatic nitrogens is 3. The number of hydrogen-bond acceptors (Lipinski definition) is 3. The Labute approximate surface area is 67.5 Å². The molecule has 1 unspecified atom stereocenters. The average molecular weight is 173 g/mol. The Morgan fingerprint density at radius 3 is 2.73 bits per heavy atom. The number of nitrogens with one attached hydrogen (secondary N) is 2. The van der Waals surface area contributed by atoms with E-state index in [9.17, 15) is 4.79 Å². The van der Waals surface area contributed by atoms with Crippen LogP contribution in [0.15, 0.2) is 0 Å². The summed E-state index contributed by atoms with van der Waals surface area (Å²) in [4.78, 5) is 14.2. The van der Waals surface area contributed by atoms with E-state index in [2.05, 4.69) is 27.4 Å². The minimum absolute atomic E-state index is 0.271. The summed E-state index contributed by atoms with van der Waals surface area (Å²) < 4.78 is 0.271. The number of carbonyl (C=O) groups is 1. The van der Waals surface area contributed by atoms with Crippen molar-refractivity contribution in [1.82, 2.24) is 15.2 Å². The average Bonchev–Trinajstić information content (AvgIpc) is 2.34. The molecule has 5 nitrogen and oxygen atoms in total. The Hall–Kier alpha value is -1.17. The lowest BCUT2D eigenvalue weighted by Crippen LogP contribution is -2.08. The largest absolute Gasteiger partial charge is 0.481 e. The van der Waals surface area contributed by atoms with Crippen molar-refractivity contribution in [3.8, 4) is 0 Å². The second kappa shape index (κ2) is 2.83. The molecule has 1 aromatic heterocycles. The third kappa shape index (κ3) is 1.64. The van der Waals surface area contributed by atoms with E-state index in [0.29, 0.717) is 5.82 Å². The van der Waals surface area contributed by atoms with Crippen LogP contribution in [-0.4, -0.2) is 26.3 Å². The van der Waals surface area contributed by atoms with E-state index < -0.39 is 11.9 Å². The Morgan fingerprint density at radius 2 is 2.36 bits per heavy atom. The molecule has 60 valence electrons. The van der Waals surface area contributed by atoms with Crippen molar-refractivity contribution < 1.29 is 9.90 Å². The van der Waals surface area contributed by atoms with Crippen LogP contribution in [0.3, 0.4) is 0 Å². The summed E-state index contributed by atoms with van der Waals surface area (Å²) in [7, 11) is 0. The molecule has 1 rings (SSSR count). The van der Waals surface area contributed by atoms with Gasteiger partial charge in [-0.3, -0.25) is 15.0 Å². The van der Waals surface area contributed by atoms with Gasteiger partial charge in [-0.1, -0.05) is 0 Å². The predicted octanol–water partition coefficient (Wildman–Crippen LogP) is 0.655. The molecule has 0 amide bonds. The van der Waals surface area contributed by atoms with Crippen LogP contribution in [0.5, 0.6) is 0 Å². The van der Waals surface area contributed by atoms with Crippen molar-refractivity contribution in [2.45, 2.75) is 12.8 Å². The monoisotopic (exact) mass is 173 g/mol. The van der Waals surface area contributed by atoms with E-state index in [4.69, 9.17) is 5.11 Å². The standard InChI is InChI=1S/C5H7N3O2S/c1-2(4(9)10)3-6-5(11)8-7-3/h2H,1H3,(H,9,10)(H2,6,7,8,11). The number of hydrogen-bond donors (Lipinski definition) is 3. The number of aromatic amines is 2. The summed E-state index contributed by atoms with van der Waals surface area (Å²) in [6.07, 6.45) is 0. The van der Waals surface area contributed by atoms with E-state index >= 15 is 0 Å². The fourth-order valence-corrected chi connectivity index (χ4v) is 0.754. The zero-order valence-electron chi connectivity index (χ0n) is 5.79. The van der Waals surface area contributed by atoms with Gasteiger partial charge in [0.05, 0.1) is 0 Å². The molecule has 1 heterocycles. The highest BCUT2D eigenvalue weighted by molar-refractivity contribution is 7.71. The number of H-pyrrole nitrogens is 2. The first kappa shape index (κ1) is 7.93. The molecule has 0 fully saturated rings. The summed E-state index contributed by atoms with van der Waals surface area (Å²) >= 11 is 4.65. The molecule has 0 bridgehead atoms. The van der Waals surface area contributed by atoms with Crippen molar-refractivity contribution in [1.29, 1.82) is 0 Å². The van der Waals surface area contributed by atoms with Gasteiger partial charge < -0.3 is 5.11 Å². The molecule has 6 heteroatoms. The van der Waals surface area contributed by atoms with E-state index in [0.717, 1.165) is 0 Å². The molecule has 0 aromatic carbocycles. The van der Waals surface area contributed by atoms with Crippen LogP contribution < -0.4 is 0 Å². The molecule has 0 saturated carbocycles. The lowest BCUT2D eigenvalue weighted by Gasteiger charge is -1.98. The van der Waals surface area contributed by atoms with Crippen molar-refractivity contribution in [2.24, 2.45) is 0 Å². The minimum atomic E-state index is -0.928. The zero-order valence-corrected chi connectivity index (χ0v) is 6.60. The van der Waals surface area contributed by atoms with Crippen molar-refractivity contribution in [3.05, 3.63) is 10.6 Å². The maximum absolute atomic E-state index is 10.4. The zero-order chi connectivity index (χ0) is 8.43. The highest BCUT2D eigenvalue weighted by atomic mass is 32.1. The smallest absolute Gasteiger partial charge is 0.313 e. The maximum Gasteiger partial charge on any atom is 0.313 e. The van der Waals surface area contributed by atoms with E-state index in [-0.39, 0.29) is 4.77 Å². The number of aliphatic carboxylic acids is 1. The molecule has 0 aliphatic heterocycles. The van der Waals surface area contributed by atoms with Gasteiger partial charge in [0, 0.05) is 0 Å². The van der Waals surface area contributed by atoms with Gasteiger partial charge in [0.2, 0.25) is 4.77 Å². The molecule has 11 heavy (non-hydrogen) atoms. The first-order valence-electron chi connectivity index (χ1n) is 2.98. The molecule has 1 aromatic rings. The second-order valence-corrected chi connectivity index (χ2v) is 2.50. The maximum atomic E-state index is 10.4. The van der Waals surface area contributed by atoms with Crippen LogP contribution in [0.4, 0.5) is 0 Å². The van der Waals surface area contributed by atoms with Crippen LogP contribution in [-0.2, 0) is 4.79 Å². The Morgan fingerprint density at radius 1 is 1.73 bits per heavy atom. The molecular weight excluding hydrogens is 166 g/mol. The number of carboxylic acid groups (broad SMARTS) is 1. The summed E-state index contributed by atoms with van der Waals surface area (Å²) in [6, 6.07) is 0. The molecule has 0 saturated heterocycles. The van der Waals surface area contributed by atoms with E-state index in [1.54, 1.807) is 0 Å². The van der Waals surface area contributed by atoms with E-state index in [1.165, 1.54) is 6.92 Å². The SMILES string of the molecule is CC(C(=O)O)c1nc(=S)[nH][nH]1. The second-order valence-electron chi connectivity index (χ2n) is 2.11. The number of rotatable bonds is 2. The summed E-state index contributed by atoms with van der Waals surface area (Å²) in [5.74, 6) is -1.23. The molecule has 0 radical (unpaired) electrons. The topological polar surface area (TPSA) is 81.8 Å². The normalized spacial score (nSPS) is 12.8. The van der Waals surface area contributed by atoms with Gasteiger partial charge in [-0.15, -0.1) is 0 Å². The number of carboxylic acids is 1. The van der Waals surface area contributed by atoms with Crippen LogP contribution in [0.2, 0.25) is 0 Å². The molecule has 0 aliphatic rings. The predicted molar refractivity (Wildman–Crippen MR) is 39.8 cm³/mol. The van der Waals surface area contributed by atoms with Crippen molar-refractivity contribution >= 4 is 18.2 Å². The molecule has 0 spiro atoms. The van der Waals surface area contributed by atoms with E-state index in [1.807, 2.05) is 0 Å². The van der Waals surface area contributed by atoms with Crippen molar-refractivity contribution in [3.63, 3.8) is 0 Å². The number of nitrogens with zero attached hydrogens (tertiary/aromatic N) is 1. The van der Waals surface area contributed by atoms with Gasteiger partial charge in [0.25, 0.3) is 0 Å². The van der Waals surface area contributed by atoms with Gasteiger partial charge >= 0.3 is 5.97 Å². The van der Waals surface area contributed by atoms with Gasteiger partial charge in [0.15, 0.2) is 0 Å². The highest BCUT2D eigenvalue weighted by Crippen LogP contribution is 2.07. The summed E-state index contributed by atoms with van der Waals surface area (Å²) in [6.45, 7) is 1.53. The van der Waals surface area contributed by atoms with Crippen LogP contribution in [0, 0.1) is 4.77 Å². The van der Waals surface area contributed by atoms with Gasteiger partial charge in [-0.25, -0.2) is 4.98 Å².